The molecule has 1 saturated carbocycles. The second-order valence-electron chi connectivity index (χ2n) is 4.61. The van der Waals surface area contributed by atoms with Gasteiger partial charge in [-0.1, -0.05) is 0 Å². The molecule has 0 aliphatic heterocycles. The molecule has 1 aliphatic carbocycles. The molecule has 0 saturated heterocycles. The van der Waals surface area contributed by atoms with Crippen molar-refractivity contribution in [2.75, 3.05) is 13.1 Å². The van der Waals surface area contributed by atoms with Gasteiger partial charge in [-0.3, -0.25) is 9.59 Å². The summed E-state index contributed by atoms with van der Waals surface area (Å²) >= 11 is 0. The van der Waals surface area contributed by atoms with Gasteiger partial charge < -0.3 is 20.8 Å². The van der Waals surface area contributed by atoms with Crippen molar-refractivity contribution in [3.8, 4) is 0 Å². The van der Waals surface area contributed by atoms with Gasteiger partial charge in [0.2, 0.25) is 11.8 Å². The largest absolute Gasteiger partial charge is 0.390 e. The molecule has 0 aromatic heterocycles. The molecule has 6 nitrogen and oxygen atoms in total. The number of aliphatic hydroxyl groups is 2. The highest BCUT2D eigenvalue weighted by Crippen LogP contribution is 2.31. The molecular formula is C11H20N2O4. The fraction of sp³-hybridized carbons (Fsp3) is 0.818. The van der Waals surface area contributed by atoms with Crippen molar-refractivity contribution in [2.24, 2.45) is 11.8 Å². The SMILES string of the molecule is CC(=O)NC[C@H]1C[C@H](CNC(C)=O)[C@@H](O)[C@@H]1O. The van der Waals surface area contributed by atoms with Crippen LogP contribution in [0.5, 0.6) is 0 Å². The zero-order valence-corrected chi connectivity index (χ0v) is 10.1. The third-order valence-corrected chi connectivity index (χ3v) is 3.15. The molecule has 17 heavy (non-hydrogen) atoms. The van der Waals surface area contributed by atoms with Crippen molar-refractivity contribution in [3.05, 3.63) is 0 Å². The number of rotatable bonds is 4. The first-order valence-corrected chi connectivity index (χ1v) is 5.76. The van der Waals surface area contributed by atoms with E-state index >= 15 is 0 Å². The number of nitrogens with one attached hydrogen (secondary N) is 2. The quantitative estimate of drug-likeness (QED) is 0.489. The fourth-order valence-electron chi connectivity index (χ4n) is 2.18. The average Bonchev–Trinajstić information content (AvgIpc) is 2.51. The monoisotopic (exact) mass is 244 g/mol. The van der Waals surface area contributed by atoms with E-state index in [2.05, 4.69) is 10.6 Å². The number of carbonyl (C=O) groups is 2. The van der Waals surface area contributed by atoms with Gasteiger partial charge in [0.1, 0.15) is 0 Å². The number of amides is 2. The first-order chi connectivity index (χ1) is 7.91. The Kier molecular flexibility index (Phi) is 4.89. The van der Waals surface area contributed by atoms with Gasteiger partial charge in [0.05, 0.1) is 12.2 Å². The Labute approximate surface area is 100 Å². The smallest absolute Gasteiger partial charge is 0.216 e. The van der Waals surface area contributed by atoms with E-state index in [0.717, 1.165) is 0 Å². The molecule has 4 atom stereocenters. The number of carbonyl (C=O) groups excluding carboxylic acids is 2. The van der Waals surface area contributed by atoms with Crippen LogP contribution >= 0.6 is 0 Å². The van der Waals surface area contributed by atoms with Gasteiger partial charge >= 0.3 is 0 Å². The molecule has 2 amide bonds. The fourth-order valence-corrected chi connectivity index (χ4v) is 2.18. The van der Waals surface area contributed by atoms with E-state index in [1.807, 2.05) is 0 Å². The molecule has 0 heterocycles. The molecule has 1 rings (SSSR count). The van der Waals surface area contributed by atoms with Gasteiger partial charge in [-0.05, 0) is 6.42 Å². The Hall–Kier alpha value is -1.14. The lowest BCUT2D eigenvalue weighted by Gasteiger charge is -2.17. The van der Waals surface area contributed by atoms with Gasteiger partial charge in [0.25, 0.3) is 0 Å². The van der Waals surface area contributed by atoms with Gasteiger partial charge in [0.15, 0.2) is 0 Å². The minimum absolute atomic E-state index is 0.156. The highest BCUT2D eigenvalue weighted by Gasteiger charge is 2.41. The standard InChI is InChI=1S/C11H20N2O4/c1-6(14)12-4-8-3-9(5-13-7(2)15)11(17)10(8)16/h8-11,16-17H,3-5H2,1-2H3,(H,12,14)(H,13,15)/t8-,9-,10-,11-/m1/s1. The van der Waals surface area contributed by atoms with Crippen molar-refractivity contribution in [1.29, 1.82) is 0 Å². The van der Waals surface area contributed by atoms with Crippen molar-refractivity contribution in [1.82, 2.24) is 10.6 Å². The maximum atomic E-state index is 10.8. The summed E-state index contributed by atoms with van der Waals surface area (Å²) in [5, 5.41) is 24.8. The van der Waals surface area contributed by atoms with Crippen LogP contribution in [0.25, 0.3) is 0 Å². The van der Waals surface area contributed by atoms with E-state index in [9.17, 15) is 19.8 Å². The summed E-state index contributed by atoms with van der Waals surface area (Å²) in [4.78, 5) is 21.5. The van der Waals surface area contributed by atoms with Gasteiger partial charge in [-0.15, -0.1) is 0 Å². The van der Waals surface area contributed by atoms with Crippen LogP contribution in [0.4, 0.5) is 0 Å². The molecule has 0 unspecified atom stereocenters. The second kappa shape index (κ2) is 5.97. The van der Waals surface area contributed by atoms with E-state index in [1.165, 1.54) is 13.8 Å². The lowest BCUT2D eigenvalue weighted by Crippen LogP contribution is -2.36. The molecule has 98 valence electrons. The van der Waals surface area contributed by atoms with Crippen LogP contribution in [0.3, 0.4) is 0 Å². The predicted octanol–water partition coefficient (Wildman–Crippen LogP) is -1.38. The highest BCUT2D eigenvalue weighted by molar-refractivity contribution is 5.73. The Balaban J connectivity index is 2.44. The molecule has 0 aromatic rings. The topological polar surface area (TPSA) is 98.7 Å². The molecule has 0 bridgehead atoms. The molecule has 0 radical (unpaired) electrons. The lowest BCUT2D eigenvalue weighted by atomic mass is 10.0. The third kappa shape index (κ3) is 3.98. The molecule has 4 N–H and O–H groups in total. The van der Waals surface area contributed by atoms with Crippen molar-refractivity contribution >= 4 is 11.8 Å². The Morgan fingerprint density at radius 2 is 1.35 bits per heavy atom. The summed E-state index contributed by atoms with van der Waals surface area (Å²) in [5.74, 6) is -0.630. The van der Waals surface area contributed by atoms with E-state index in [4.69, 9.17) is 0 Å². The molecular weight excluding hydrogens is 224 g/mol. The summed E-state index contributed by atoms with van der Waals surface area (Å²) < 4.78 is 0. The summed E-state index contributed by atoms with van der Waals surface area (Å²) in [7, 11) is 0. The van der Waals surface area contributed by atoms with Crippen LogP contribution in [0, 0.1) is 11.8 Å². The Morgan fingerprint density at radius 1 is 1.00 bits per heavy atom. The highest BCUT2D eigenvalue weighted by atomic mass is 16.3. The molecule has 1 aliphatic rings. The van der Waals surface area contributed by atoms with Crippen LogP contribution in [0.1, 0.15) is 20.3 Å². The summed E-state index contributed by atoms with van der Waals surface area (Å²) in [6.07, 6.45) is -1.11. The van der Waals surface area contributed by atoms with Gasteiger partial charge in [-0.2, -0.15) is 0 Å². The van der Waals surface area contributed by atoms with Crippen LogP contribution in [0.2, 0.25) is 0 Å². The maximum Gasteiger partial charge on any atom is 0.216 e. The Morgan fingerprint density at radius 3 is 1.65 bits per heavy atom. The van der Waals surface area contributed by atoms with Crippen LogP contribution in [-0.2, 0) is 9.59 Å². The Bertz CT molecular complexity index is 267. The van der Waals surface area contributed by atoms with Crippen molar-refractivity contribution < 1.29 is 19.8 Å². The summed E-state index contributed by atoms with van der Waals surface area (Å²) in [6.45, 7) is 3.52. The molecule has 0 aromatic carbocycles. The first kappa shape index (κ1) is 13.9. The zero-order valence-electron chi connectivity index (χ0n) is 10.1. The van der Waals surface area contributed by atoms with Gasteiger partial charge in [0, 0.05) is 38.8 Å². The lowest BCUT2D eigenvalue weighted by molar-refractivity contribution is -0.120. The normalized spacial score (nSPS) is 32.2. The number of aliphatic hydroxyl groups excluding tert-OH is 2. The maximum absolute atomic E-state index is 10.8. The third-order valence-electron chi connectivity index (χ3n) is 3.15. The van der Waals surface area contributed by atoms with E-state index in [0.29, 0.717) is 19.5 Å². The predicted molar refractivity (Wildman–Crippen MR) is 61.0 cm³/mol. The minimum atomic E-state index is -0.847. The zero-order chi connectivity index (χ0) is 13.0. The molecule has 0 spiro atoms. The average molecular weight is 244 g/mol. The van der Waals surface area contributed by atoms with E-state index < -0.39 is 12.2 Å². The first-order valence-electron chi connectivity index (χ1n) is 5.76. The summed E-state index contributed by atoms with van der Waals surface area (Å²) in [5.41, 5.74) is 0. The minimum Gasteiger partial charge on any atom is -0.390 e. The number of hydrogen-bond donors (Lipinski definition) is 4. The summed E-state index contributed by atoms with van der Waals surface area (Å²) in [6, 6.07) is 0. The van der Waals surface area contributed by atoms with Crippen molar-refractivity contribution in [2.45, 2.75) is 32.5 Å². The molecule has 6 heteroatoms. The van der Waals surface area contributed by atoms with E-state index in [-0.39, 0.29) is 23.7 Å². The van der Waals surface area contributed by atoms with Crippen LogP contribution < -0.4 is 10.6 Å². The second-order valence-corrected chi connectivity index (χ2v) is 4.61. The number of hydrogen-bond acceptors (Lipinski definition) is 4. The van der Waals surface area contributed by atoms with Gasteiger partial charge in [-0.25, -0.2) is 0 Å². The van der Waals surface area contributed by atoms with Crippen LogP contribution in [0.15, 0.2) is 0 Å². The van der Waals surface area contributed by atoms with Crippen LogP contribution in [-0.4, -0.2) is 47.3 Å². The van der Waals surface area contributed by atoms with Crippen molar-refractivity contribution in [3.63, 3.8) is 0 Å². The molecule has 1 fully saturated rings. The van der Waals surface area contributed by atoms with E-state index in [1.54, 1.807) is 0 Å².